The molecule has 0 fully saturated rings. The van der Waals surface area contributed by atoms with Gasteiger partial charge in [-0.3, -0.25) is 0 Å². The number of hydrogen-bond donors (Lipinski definition) is 0. The summed E-state index contributed by atoms with van der Waals surface area (Å²) in [6, 6.07) is 8.87. The van der Waals surface area contributed by atoms with Crippen molar-refractivity contribution in [1.29, 1.82) is 0 Å². The topological polar surface area (TPSA) is 0 Å². The lowest BCUT2D eigenvalue weighted by Crippen LogP contribution is -2.14. The Morgan fingerprint density at radius 2 is 1.92 bits per heavy atom. The third-order valence-corrected chi connectivity index (χ3v) is 3.54. The quantitative estimate of drug-likeness (QED) is 0.542. The van der Waals surface area contributed by atoms with Gasteiger partial charge >= 0.3 is 0 Å². The van der Waals surface area contributed by atoms with Crippen LogP contribution in [0, 0.1) is 3.57 Å². The Morgan fingerprint density at radius 1 is 1.23 bits per heavy atom. The minimum Gasteiger partial charge on any atom is -0.0876 e. The minimum atomic E-state index is 0.296. The van der Waals surface area contributed by atoms with E-state index < -0.39 is 0 Å². The van der Waals surface area contributed by atoms with Crippen molar-refractivity contribution < 1.29 is 0 Å². The molecule has 1 aliphatic rings. The van der Waals surface area contributed by atoms with E-state index in [2.05, 4.69) is 65.9 Å². The molecule has 0 radical (unpaired) electrons. The lowest BCUT2D eigenvalue weighted by Gasteiger charge is -2.22. The normalized spacial score (nSPS) is 26.6. The number of rotatable bonds is 1. The fourth-order valence-corrected chi connectivity index (χ4v) is 2.24. The summed E-state index contributed by atoms with van der Waals surface area (Å²) in [5.74, 6) is 0. The molecule has 0 aliphatic heterocycles. The monoisotopic (exact) mass is 284 g/mol. The Kier molecular flexibility index (Phi) is 2.45. The van der Waals surface area contributed by atoms with Gasteiger partial charge in [0.25, 0.3) is 0 Å². The van der Waals surface area contributed by atoms with Crippen molar-refractivity contribution in [1.82, 2.24) is 0 Å². The molecular weight excluding hydrogens is 271 g/mol. The fourth-order valence-electron chi connectivity index (χ4n) is 1.88. The zero-order valence-corrected chi connectivity index (χ0v) is 9.91. The SMILES string of the molecule is C[C@]1(c2ccc(I)cc2)C=CCC1. The second-order valence-electron chi connectivity index (χ2n) is 3.87. The maximum absolute atomic E-state index is 2.35. The average Bonchev–Trinajstić information content (AvgIpc) is 2.54. The van der Waals surface area contributed by atoms with Crippen molar-refractivity contribution in [2.45, 2.75) is 25.2 Å². The molecule has 0 saturated heterocycles. The van der Waals surface area contributed by atoms with Crippen LogP contribution in [0.2, 0.25) is 0 Å². The molecule has 0 unspecified atom stereocenters. The first-order chi connectivity index (χ1) is 6.21. The van der Waals surface area contributed by atoms with Crippen LogP contribution >= 0.6 is 22.6 Å². The van der Waals surface area contributed by atoms with Crippen molar-refractivity contribution in [3.63, 3.8) is 0 Å². The van der Waals surface area contributed by atoms with Crippen molar-refractivity contribution in [3.8, 4) is 0 Å². The molecule has 0 amide bonds. The van der Waals surface area contributed by atoms with E-state index in [0.29, 0.717) is 5.41 Å². The summed E-state index contributed by atoms with van der Waals surface area (Å²) < 4.78 is 1.31. The number of hydrogen-bond acceptors (Lipinski definition) is 0. The number of allylic oxidation sites excluding steroid dienone is 2. The molecule has 13 heavy (non-hydrogen) atoms. The van der Waals surface area contributed by atoms with Gasteiger partial charge in [0.1, 0.15) is 0 Å². The average molecular weight is 284 g/mol. The summed E-state index contributed by atoms with van der Waals surface area (Å²) in [6.45, 7) is 2.32. The van der Waals surface area contributed by atoms with Gasteiger partial charge < -0.3 is 0 Å². The minimum absolute atomic E-state index is 0.296. The predicted molar refractivity (Wildman–Crippen MR) is 64.9 cm³/mol. The van der Waals surface area contributed by atoms with Crippen LogP contribution in [0.3, 0.4) is 0 Å². The summed E-state index contributed by atoms with van der Waals surface area (Å²) in [4.78, 5) is 0. The van der Waals surface area contributed by atoms with Crippen LogP contribution in [0.1, 0.15) is 25.3 Å². The van der Waals surface area contributed by atoms with E-state index in [1.54, 1.807) is 0 Å². The second kappa shape index (κ2) is 3.45. The van der Waals surface area contributed by atoms with Gasteiger partial charge in [-0.15, -0.1) is 0 Å². The zero-order valence-electron chi connectivity index (χ0n) is 7.76. The van der Waals surface area contributed by atoms with Crippen LogP contribution < -0.4 is 0 Å². The van der Waals surface area contributed by atoms with E-state index in [4.69, 9.17) is 0 Å². The van der Waals surface area contributed by atoms with Crippen molar-refractivity contribution in [2.75, 3.05) is 0 Å². The van der Waals surface area contributed by atoms with Crippen LogP contribution in [0.15, 0.2) is 36.4 Å². The molecule has 2 rings (SSSR count). The van der Waals surface area contributed by atoms with E-state index >= 15 is 0 Å². The first-order valence-corrected chi connectivity index (χ1v) is 5.72. The third-order valence-electron chi connectivity index (χ3n) is 2.82. The second-order valence-corrected chi connectivity index (χ2v) is 5.11. The highest BCUT2D eigenvalue weighted by molar-refractivity contribution is 14.1. The molecule has 1 atom stereocenters. The largest absolute Gasteiger partial charge is 0.0876 e. The molecule has 1 aromatic rings. The van der Waals surface area contributed by atoms with E-state index in [1.165, 1.54) is 22.0 Å². The molecule has 68 valence electrons. The Balaban J connectivity index is 2.35. The summed E-state index contributed by atoms with van der Waals surface area (Å²) in [6.07, 6.45) is 7.11. The zero-order chi connectivity index (χ0) is 9.31. The molecular formula is C12H13I. The lowest BCUT2D eigenvalue weighted by molar-refractivity contribution is 0.579. The molecule has 0 heterocycles. The van der Waals surface area contributed by atoms with Gasteiger partial charge in [0.05, 0.1) is 0 Å². The first kappa shape index (κ1) is 9.25. The molecule has 0 saturated carbocycles. The van der Waals surface area contributed by atoms with Crippen LogP contribution in [0.4, 0.5) is 0 Å². The Labute approximate surface area is 93.2 Å². The summed E-state index contributed by atoms with van der Waals surface area (Å²) in [7, 11) is 0. The van der Waals surface area contributed by atoms with E-state index in [9.17, 15) is 0 Å². The van der Waals surface area contributed by atoms with E-state index in [-0.39, 0.29) is 0 Å². The molecule has 1 heteroatoms. The highest BCUT2D eigenvalue weighted by Crippen LogP contribution is 2.35. The van der Waals surface area contributed by atoms with Crippen molar-refractivity contribution in [3.05, 3.63) is 45.6 Å². The highest BCUT2D eigenvalue weighted by atomic mass is 127. The number of halogens is 1. The van der Waals surface area contributed by atoms with Gasteiger partial charge in [-0.1, -0.05) is 31.2 Å². The Hall–Kier alpha value is -0.310. The summed E-state index contributed by atoms with van der Waals surface area (Å²) in [5.41, 5.74) is 1.74. The predicted octanol–water partition coefficient (Wildman–Crippen LogP) is 3.90. The molecule has 0 nitrogen and oxygen atoms in total. The van der Waals surface area contributed by atoms with Crippen LogP contribution in [-0.2, 0) is 5.41 Å². The number of benzene rings is 1. The first-order valence-electron chi connectivity index (χ1n) is 4.64. The van der Waals surface area contributed by atoms with Crippen LogP contribution in [-0.4, -0.2) is 0 Å². The van der Waals surface area contributed by atoms with Gasteiger partial charge in [0, 0.05) is 8.99 Å². The molecule has 0 N–H and O–H groups in total. The van der Waals surface area contributed by atoms with Gasteiger partial charge in [-0.2, -0.15) is 0 Å². The third kappa shape index (κ3) is 1.80. The maximum atomic E-state index is 2.35. The maximum Gasteiger partial charge on any atom is 0.0130 e. The Morgan fingerprint density at radius 3 is 2.46 bits per heavy atom. The van der Waals surface area contributed by atoms with Gasteiger partial charge in [0.15, 0.2) is 0 Å². The molecule has 1 aromatic carbocycles. The highest BCUT2D eigenvalue weighted by Gasteiger charge is 2.25. The fraction of sp³-hybridized carbons (Fsp3) is 0.333. The molecule has 0 bridgehead atoms. The van der Waals surface area contributed by atoms with Crippen LogP contribution in [0.25, 0.3) is 0 Å². The van der Waals surface area contributed by atoms with Gasteiger partial charge in [-0.25, -0.2) is 0 Å². The van der Waals surface area contributed by atoms with Gasteiger partial charge in [0.2, 0.25) is 0 Å². The summed E-state index contributed by atoms with van der Waals surface area (Å²) >= 11 is 2.35. The lowest BCUT2D eigenvalue weighted by atomic mass is 9.82. The van der Waals surface area contributed by atoms with Gasteiger partial charge in [-0.05, 0) is 53.1 Å². The smallest absolute Gasteiger partial charge is 0.0130 e. The molecule has 0 spiro atoms. The summed E-state index contributed by atoms with van der Waals surface area (Å²) in [5, 5.41) is 0. The Bertz CT molecular complexity index is 323. The van der Waals surface area contributed by atoms with E-state index in [0.717, 1.165) is 0 Å². The van der Waals surface area contributed by atoms with Crippen molar-refractivity contribution in [2.24, 2.45) is 0 Å². The standard InChI is InChI=1S/C12H13I/c1-12(8-2-3-9-12)10-4-6-11(13)7-5-10/h2,4-8H,3,9H2,1H3/t12-/m0/s1. The molecule has 1 aliphatic carbocycles. The van der Waals surface area contributed by atoms with E-state index in [1.807, 2.05) is 0 Å². The molecule has 0 aromatic heterocycles. The van der Waals surface area contributed by atoms with Crippen molar-refractivity contribution >= 4 is 22.6 Å². The van der Waals surface area contributed by atoms with Crippen LogP contribution in [0.5, 0.6) is 0 Å².